The summed E-state index contributed by atoms with van der Waals surface area (Å²) in [6.07, 6.45) is 0.153. The average molecular weight is 390 g/mol. The molecule has 1 N–H and O–H groups in total. The van der Waals surface area contributed by atoms with E-state index in [1.54, 1.807) is 0 Å². The molecule has 0 fully saturated rings. The molecule has 0 amide bonds. The smallest absolute Gasteiger partial charge is 0.300 e. The van der Waals surface area contributed by atoms with E-state index in [2.05, 4.69) is 4.98 Å². The molecule has 5 nitrogen and oxygen atoms in total. The molecule has 2 heterocycles. The highest BCUT2D eigenvalue weighted by atomic mass is 32.1. The fraction of sp³-hybridized carbons (Fsp3) is 0.136. The van der Waals surface area contributed by atoms with E-state index in [-0.39, 0.29) is 24.3 Å². The van der Waals surface area contributed by atoms with Crippen LogP contribution in [0, 0.1) is 0 Å². The van der Waals surface area contributed by atoms with Crippen molar-refractivity contribution in [2.45, 2.75) is 19.9 Å². The molecule has 6 heteroatoms. The predicted octanol–water partition coefficient (Wildman–Crippen LogP) is 4.06. The highest BCUT2D eigenvalue weighted by Gasteiger charge is 2.15. The first-order chi connectivity index (χ1) is 13.5. The Bertz CT molecular complexity index is 1270. The number of carbonyl (C=O) groups is 1. The molecule has 28 heavy (non-hydrogen) atoms. The normalized spacial score (nSPS) is 11.0. The monoisotopic (exact) mass is 390 g/mol. The SMILES string of the molecule is CC(=O)CCn1c(=O)[nH]c2scc(-c3ccc(-c4ccccc4)cc3)c2c1=O. The number of ketones is 1. The summed E-state index contributed by atoms with van der Waals surface area (Å²) in [4.78, 5) is 39.7. The first kappa shape index (κ1) is 18.1. The van der Waals surface area contributed by atoms with Gasteiger partial charge in [0.2, 0.25) is 0 Å². The van der Waals surface area contributed by atoms with Crippen LogP contribution in [-0.4, -0.2) is 15.3 Å². The molecule has 0 aliphatic carbocycles. The molecular formula is C22H18N2O3S. The molecule has 4 rings (SSSR count). The summed E-state index contributed by atoms with van der Waals surface area (Å²) in [6, 6.07) is 18.1. The number of H-pyrrole nitrogens is 1. The van der Waals surface area contributed by atoms with Crippen molar-refractivity contribution in [1.82, 2.24) is 9.55 Å². The number of benzene rings is 2. The lowest BCUT2D eigenvalue weighted by molar-refractivity contribution is -0.117. The third kappa shape index (κ3) is 3.34. The van der Waals surface area contributed by atoms with Crippen LogP contribution in [0.25, 0.3) is 32.5 Å². The number of fused-ring (bicyclic) bond motifs is 1. The van der Waals surface area contributed by atoms with Crippen LogP contribution in [0.2, 0.25) is 0 Å². The van der Waals surface area contributed by atoms with Crippen LogP contribution < -0.4 is 11.2 Å². The van der Waals surface area contributed by atoms with Crippen LogP contribution in [0.3, 0.4) is 0 Å². The fourth-order valence-electron chi connectivity index (χ4n) is 3.21. The van der Waals surface area contributed by atoms with Gasteiger partial charge in [0.1, 0.15) is 10.6 Å². The lowest BCUT2D eigenvalue weighted by Crippen LogP contribution is -2.35. The number of carbonyl (C=O) groups excluding carboxylic acids is 1. The van der Waals surface area contributed by atoms with E-state index < -0.39 is 5.69 Å². The molecule has 0 spiro atoms. The number of Topliss-reactive ketones (excluding diaryl/α,β-unsaturated/α-hetero) is 1. The lowest BCUT2D eigenvalue weighted by atomic mass is 10.0. The summed E-state index contributed by atoms with van der Waals surface area (Å²) in [5, 5.41) is 2.37. The Morgan fingerprint density at radius 3 is 2.29 bits per heavy atom. The molecule has 2 aromatic carbocycles. The van der Waals surface area contributed by atoms with E-state index in [1.807, 2.05) is 60.0 Å². The molecule has 0 aliphatic heterocycles. The molecule has 0 unspecified atom stereocenters. The molecule has 0 saturated heterocycles. The van der Waals surface area contributed by atoms with Gasteiger partial charge in [0.05, 0.1) is 5.39 Å². The van der Waals surface area contributed by atoms with E-state index in [0.717, 1.165) is 26.8 Å². The molecule has 0 saturated carbocycles. The van der Waals surface area contributed by atoms with Crippen molar-refractivity contribution in [3.63, 3.8) is 0 Å². The maximum absolute atomic E-state index is 12.9. The second kappa shape index (κ2) is 7.40. The van der Waals surface area contributed by atoms with Crippen molar-refractivity contribution >= 4 is 27.3 Å². The summed E-state index contributed by atoms with van der Waals surface area (Å²) in [6.45, 7) is 1.53. The average Bonchev–Trinajstić information content (AvgIpc) is 3.12. The number of aromatic nitrogens is 2. The van der Waals surface area contributed by atoms with Crippen LogP contribution in [-0.2, 0) is 11.3 Å². The Hall–Kier alpha value is -3.25. The van der Waals surface area contributed by atoms with Gasteiger partial charge in [-0.3, -0.25) is 19.1 Å². The second-order valence-corrected chi connectivity index (χ2v) is 7.52. The molecular weight excluding hydrogens is 372 g/mol. The standard InChI is InChI=1S/C22H18N2O3S/c1-14(25)11-12-24-21(26)19-18(13-28-20(19)23-22(24)27)17-9-7-16(8-10-17)15-5-3-2-4-6-15/h2-10,13H,11-12H2,1H3,(H,23,27). The van der Waals surface area contributed by atoms with Crippen LogP contribution in [0.15, 0.2) is 69.6 Å². The van der Waals surface area contributed by atoms with Crippen LogP contribution in [0.5, 0.6) is 0 Å². The Morgan fingerprint density at radius 1 is 0.964 bits per heavy atom. The van der Waals surface area contributed by atoms with Gasteiger partial charge in [-0.1, -0.05) is 54.6 Å². The number of rotatable bonds is 5. The van der Waals surface area contributed by atoms with Gasteiger partial charge >= 0.3 is 5.69 Å². The van der Waals surface area contributed by atoms with Crippen LogP contribution in [0.4, 0.5) is 0 Å². The summed E-state index contributed by atoms with van der Waals surface area (Å²) >= 11 is 1.33. The minimum absolute atomic E-state index is 0.0616. The van der Waals surface area contributed by atoms with Gasteiger partial charge in [0.25, 0.3) is 5.56 Å². The Kier molecular flexibility index (Phi) is 4.79. The minimum Gasteiger partial charge on any atom is -0.300 e. The third-order valence-electron chi connectivity index (χ3n) is 4.71. The van der Waals surface area contributed by atoms with Crippen molar-refractivity contribution in [3.05, 3.63) is 80.8 Å². The predicted molar refractivity (Wildman–Crippen MR) is 113 cm³/mol. The van der Waals surface area contributed by atoms with Gasteiger partial charge in [0, 0.05) is 23.9 Å². The quantitative estimate of drug-likeness (QED) is 0.558. The summed E-state index contributed by atoms with van der Waals surface area (Å²) in [7, 11) is 0. The number of nitrogens with one attached hydrogen (secondary N) is 1. The van der Waals surface area contributed by atoms with Crippen LogP contribution in [0.1, 0.15) is 13.3 Å². The first-order valence-electron chi connectivity index (χ1n) is 8.94. The number of thiophene rings is 1. The number of hydrogen-bond donors (Lipinski definition) is 1. The van der Waals surface area contributed by atoms with Crippen molar-refractivity contribution in [1.29, 1.82) is 0 Å². The van der Waals surface area contributed by atoms with Crippen molar-refractivity contribution < 1.29 is 4.79 Å². The van der Waals surface area contributed by atoms with Gasteiger partial charge in [0.15, 0.2) is 0 Å². The second-order valence-electron chi connectivity index (χ2n) is 6.64. The molecule has 140 valence electrons. The first-order valence-corrected chi connectivity index (χ1v) is 9.82. The van der Waals surface area contributed by atoms with Gasteiger partial charge in [-0.2, -0.15) is 0 Å². The third-order valence-corrected chi connectivity index (χ3v) is 5.60. The zero-order valence-corrected chi connectivity index (χ0v) is 16.1. The number of nitrogens with zero attached hydrogens (tertiary/aromatic N) is 1. The maximum atomic E-state index is 12.9. The summed E-state index contributed by atoms with van der Waals surface area (Å²) in [5.41, 5.74) is 3.08. The Labute approximate surface area is 164 Å². The van der Waals surface area contributed by atoms with E-state index in [0.29, 0.717) is 10.2 Å². The van der Waals surface area contributed by atoms with Crippen molar-refractivity contribution in [2.75, 3.05) is 0 Å². The Morgan fingerprint density at radius 2 is 1.61 bits per heavy atom. The van der Waals surface area contributed by atoms with Gasteiger partial charge in [-0.05, 0) is 23.6 Å². The van der Waals surface area contributed by atoms with E-state index in [1.165, 1.54) is 18.3 Å². The summed E-state index contributed by atoms with van der Waals surface area (Å²) in [5.74, 6) is -0.0616. The number of hydrogen-bond acceptors (Lipinski definition) is 4. The topological polar surface area (TPSA) is 71.9 Å². The van der Waals surface area contributed by atoms with Gasteiger partial charge in [-0.15, -0.1) is 11.3 Å². The molecule has 4 aromatic rings. The highest BCUT2D eigenvalue weighted by Crippen LogP contribution is 2.31. The zero-order valence-electron chi connectivity index (χ0n) is 15.3. The van der Waals surface area contributed by atoms with Gasteiger partial charge in [-0.25, -0.2) is 4.79 Å². The highest BCUT2D eigenvalue weighted by molar-refractivity contribution is 7.17. The molecule has 0 aliphatic rings. The van der Waals surface area contributed by atoms with E-state index >= 15 is 0 Å². The maximum Gasteiger partial charge on any atom is 0.329 e. The van der Waals surface area contributed by atoms with Crippen LogP contribution >= 0.6 is 11.3 Å². The van der Waals surface area contributed by atoms with E-state index in [9.17, 15) is 14.4 Å². The lowest BCUT2D eigenvalue weighted by Gasteiger charge is -2.06. The number of aromatic amines is 1. The molecule has 0 radical (unpaired) electrons. The van der Waals surface area contributed by atoms with Crippen molar-refractivity contribution in [3.8, 4) is 22.3 Å². The zero-order chi connectivity index (χ0) is 19.7. The fourth-order valence-corrected chi connectivity index (χ4v) is 4.16. The van der Waals surface area contributed by atoms with Crippen molar-refractivity contribution in [2.24, 2.45) is 0 Å². The van der Waals surface area contributed by atoms with Gasteiger partial charge < -0.3 is 0 Å². The molecule has 0 atom stereocenters. The molecule has 0 bridgehead atoms. The molecule has 2 aromatic heterocycles. The largest absolute Gasteiger partial charge is 0.329 e. The Balaban J connectivity index is 1.79. The minimum atomic E-state index is -0.480. The van der Waals surface area contributed by atoms with E-state index in [4.69, 9.17) is 0 Å². The summed E-state index contributed by atoms with van der Waals surface area (Å²) < 4.78 is 1.11.